The molecule has 0 aliphatic heterocycles. The number of ether oxygens (including phenoxy) is 2. The number of aliphatic hydroxyl groups excluding tert-OH is 2. The van der Waals surface area contributed by atoms with E-state index in [9.17, 15) is 24.2 Å². The van der Waals surface area contributed by atoms with E-state index in [4.69, 9.17) is 19.1 Å². The second-order valence-corrected chi connectivity index (χ2v) is 15.4. The average Bonchev–Trinajstić information content (AvgIpc) is 3.20. The molecule has 0 aromatic rings. The van der Waals surface area contributed by atoms with E-state index in [1.807, 2.05) is 12.2 Å². The summed E-state index contributed by atoms with van der Waals surface area (Å²) < 4.78 is 32.6. The van der Waals surface area contributed by atoms with Gasteiger partial charge in [-0.15, -0.1) is 0 Å². The number of unbranched alkanes of at least 4 members (excludes halogenated alkanes) is 11. The van der Waals surface area contributed by atoms with E-state index in [-0.39, 0.29) is 19.4 Å². The minimum atomic E-state index is -4.64. The molecule has 0 bridgehead atoms. The van der Waals surface area contributed by atoms with Crippen LogP contribution >= 0.6 is 7.82 Å². The highest BCUT2D eigenvalue weighted by Crippen LogP contribution is 2.43. The van der Waals surface area contributed by atoms with Crippen LogP contribution in [0.3, 0.4) is 0 Å². The lowest BCUT2D eigenvalue weighted by molar-refractivity contribution is -0.161. The third-order valence-corrected chi connectivity index (χ3v) is 9.48. The van der Waals surface area contributed by atoms with Gasteiger partial charge in [0.1, 0.15) is 12.7 Å². The van der Waals surface area contributed by atoms with Crippen molar-refractivity contribution in [2.45, 2.75) is 167 Å². The van der Waals surface area contributed by atoms with Crippen molar-refractivity contribution in [2.75, 3.05) is 26.4 Å². The number of carbonyl (C=O) groups excluding carboxylic acids is 2. The number of phosphoric acid groups is 1. The van der Waals surface area contributed by atoms with Crippen molar-refractivity contribution in [3.63, 3.8) is 0 Å². The maximum absolute atomic E-state index is 12.6. The number of phosphoric ester groups is 1. The summed E-state index contributed by atoms with van der Waals surface area (Å²) >= 11 is 0. The van der Waals surface area contributed by atoms with Gasteiger partial charge in [-0.25, -0.2) is 4.57 Å². The van der Waals surface area contributed by atoms with Crippen LogP contribution in [0.2, 0.25) is 0 Å². The first kappa shape index (κ1) is 54.2. The number of aliphatic hydroxyl groups is 2. The zero-order chi connectivity index (χ0) is 41.9. The summed E-state index contributed by atoms with van der Waals surface area (Å²) in [6.45, 7) is 2.15. The van der Waals surface area contributed by atoms with Crippen molar-refractivity contribution in [2.24, 2.45) is 0 Å². The first-order valence-corrected chi connectivity index (χ1v) is 23.0. The van der Waals surface area contributed by atoms with Crippen molar-refractivity contribution in [1.29, 1.82) is 0 Å². The summed E-state index contributed by atoms with van der Waals surface area (Å²) in [5.41, 5.74) is 0. The van der Waals surface area contributed by atoms with Gasteiger partial charge in [0, 0.05) is 12.8 Å². The minimum Gasteiger partial charge on any atom is -0.462 e. The molecule has 0 saturated carbocycles. The lowest BCUT2D eigenvalue weighted by Crippen LogP contribution is -2.29. The number of hydrogen-bond donors (Lipinski definition) is 3. The van der Waals surface area contributed by atoms with E-state index in [0.717, 1.165) is 64.2 Å². The number of esters is 2. The van der Waals surface area contributed by atoms with Crippen LogP contribution in [0.25, 0.3) is 0 Å². The molecule has 0 saturated heterocycles. The van der Waals surface area contributed by atoms with Crippen LogP contribution in [0.15, 0.2) is 85.1 Å². The summed E-state index contributed by atoms with van der Waals surface area (Å²) in [5.74, 6) is -1.01. The van der Waals surface area contributed by atoms with E-state index < -0.39 is 51.8 Å². The van der Waals surface area contributed by atoms with Gasteiger partial charge >= 0.3 is 19.8 Å². The molecule has 0 aromatic heterocycles. The lowest BCUT2D eigenvalue weighted by Gasteiger charge is -2.20. The molecule has 0 rings (SSSR count). The zero-order valence-electron chi connectivity index (χ0n) is 35.3. The van der Waals surface area contributed by atoms with E-state index >= 15 is 0 Å². The maximum atomic E-state index is 12.6. The Balaban J connectivity index is 4.42. The monoisotopic (exact) mass is 821 g/mol. The lowest BCUT2D eigenvalue weighted by atomic mass is 10.1. The SMILES string of the molecule is CC/C=C\C/C=C\C/C=C\C/C=C\C/C=C\CCCC(=O)O[C@H](COC(=O)CCCCCCCCC/C=C\C/C=C\CCCCC)COP(=O)(O)OC[C@@H](O)CO. The quantitative estimate of drug-likeness (QED) is 0.0237. The van der Waals surface area contributed by atoms with Crippen LogP contribution in [0, 0.1) is 0 Å². The fraction of sp³-hybridized carbons (Fsp3) is 0.652. The Morgan fingerprint density at radius 1 is 0.544 bits per heavy atom. The second kappa shape index (κ2) is 41.3. The summed E-state index contributed by atoms with van der Waals surface area (Å²) in [6, 6.07) is 0. The van der Waals surface area contributed by atoms with Gasteiger partial charge in [0.2, 0.25) is 0 Å². The highest BCUT2D eigenvalue weighted by atomic mass is 31.2. The molecular weight excluding hydrogens is 743 g/mol. The summed E-state index contributed by atoms with van der Waals surface area (Å²) in [5, 5.41) is 18.3. The molecular formula is C46H77O10P. The maximum Gasteiger partial charge on any atom is 0.472 e. The Kier molecular flexibility index (Phi) is 39.2. The predicted molar refractivity (Wildman–Crippen MR) is 233 cm³/mol. The van der Waals surface area contributed by atoms with Crippen molar-refractivity contribution in [1.82, 2.24) is 0 Å². The Morgan fingerprint density at radius 3 is 1.51 bits per heavy atom. The summed E-state index contributed by atoms with van der Waals surface area (Å²) in [6.07, 6.45) is 48.4. The van der Waals surface area contributed by atoms with Crippen molar-refractivity contribution >= 4 is 19.8 Å². The van der Waals surface area contributed by atoms with Gasteiger partial charge in [-0.1, -0.05) is 144 Å². The number of rotatable bonds is 39. The van der Waals surface area contributed by atoms with E-state index in [0.29, 0.717) is 19.3 Å². The van der Waals surface area contributed by atoms with Gasteiger partial charge in [-0.2, -0.15) is 0 Å². The molecule has 0 fully saturated rings. The van der Waals surface area contributed by atoms with Crippen molar-refractivity contribution in [3.05, 3.63) is 85.1 Å². The van der Waals surface area contributed by atoms with Crippen LogP contribution in [0.4, 0.5) is 0 Å². The van der Waals surface area contributed by atoms with E-state index in [2.05, 4.69) is 91.3 Å². The molecule has 0 radical (unpaired) electrons. The summed E-state index contributed by atoms with van der Waals surface area (Å²) in [4.78, 5) is 35.0. The molecule has 0 aromatic carbocycles. The number of hydrogen-bond acceptors (Lipinski definition) is 9. The van der Waals surface area contributed by atoms with Crippen LogP contribution in [0.5, 0.6) is 0 Å². The van der Waals surface area contributed by atoms with Crippen LogP contribution in [-0.4, -0.2) is 65.7 Å². The molecule has 3 atom stereocenters. The summed E-state index contributed by atoms with van der Waals surface area (Å²) in [7, 11) is -4.64. The molecule has 0 spiro atoms. The number of allylic oxidation sites excluding steroid dienone is 14. The fourth-order valence-electron chi connectivity index (χ4n) is 5.23. The van der Waals surface area contributed by atoms with Gasteiger partial charge in [0.15, 0.2) is 6.10 Å². The normalized spacial score (nSPS) is 14.7. The van der Waals surface area contributed by atoms with Gasteiger partial charge in [-0.05, 0) is 83.5 Å². The molecule has 3 N–H and O–H groups in total. The Bertz CT molecular complexity index is 1220. The van der Waals surface area contributed by atoms with E-state index in [1.54, 1.807) is 0 Å². The van der Waals surface area contributed by atoms with Crippen LogP contribution < -0.4 is 0 Å². The standard InChI is InChI=1S/C46H77O10P/c1-3-5-7-9-11-13-15-17-19-21-23-25-27-29-31-33-35-37-45(49)53-41-44(42-55-57(51,52)54-40-43(48)39-47)56-46(50)38-36-34-32-30-28-26-24-22-20-18-16-14-12-10-8-6-4-2/h6,8,11-14,17-20,24,26,30,32,43-44,47-48H,3-5,7,9-10,15-16,21-23,25,27-29,31,33-42H2,1-2H3,(H,51,52)/b8-6-,13-11-,14-12-,19-17-,20-18-,26-24-,32-30-/t43-,44+/m0/s1. The zero-order valence-corrected chi connectivity index (χ0v) is 36.2. The third-order valence-electron chi connectivity index (χ3n) is 8.53. The minimum absolute atomic E-state index is 0.0995. The van der Waals surface area contributed by atoms with Gasteiger partial charge in [0.25, 0.3) is 0 Å². The highest BCUT2D eigenvalue weighted by molar-refractivity contribution is 7.47. The van der Waals surface area contributed by atoms with Crippen LogP contribution in [-0.2, 0) is 32.7 Å². The molecule has 57 heavy (non-hydrogen) atoms. The largest absolute Gasteiger partial charge is 0.472 e. The first-order chi connectivity index (χ1) is 27.7. The number of carbonyl (C=O) groups is 2. The van der Waals surface area contributed by atoms with Crippen molar-refractivity contribution < 1.29 is 47.8 Å². The second-order valence-electron chi connectivity index (χ2n) is 14.0. The average molecular weight is 821 g/mol. The Hall–Kier alpha value is -2.85. The molecule has 10 nitrogen and oxygen atoms in total. The van der Waals surface area contributed by atoms with Gasteiger partial charge < -0.3 is 24.6 Å². The smallest absolute Gasteiger partial charge is 0.462 e. The molecule has 0 aliphatic carbocycles. The molecule has 11 heteroatoms. The Labute approximate surface area is 345 Å². The third kappa shape index (κ3) is 41.1. The van der Waals surface area contributed by atoms with E-state index in [1.165, 1.54) is 44.9 Å². The predicted octanol–water partition coefficient (Wildman–Crippen LogP) is 11.4. The molecule has 0 amide bonds. The fourth-order valence-corrected chi connectivity index (χ4v) is 6.02. The molecule has 1 unspecified atom stereocenters. The van der Waals surface area contributed by atoms with Gasteiger partial charge in [-0.3, -0.25) is 18.6 Å². The topological polar surface area (TPSA) is 149 Å². The highest BCUT2D eigenvalue weighted by Gasteiger charge is 2.27. The first-order valence-electron chi connectivity index (χ1n) is 21.5. The molecule has 0 heterocycles. The van der Waals surface area contributed by atoms with Crippen molar-refractivity contribution in [3.8, 4) is 0 Å². The molecule has 0 aliphatic rings. The van der Waals surface area contributed by atoms with Gasteiger partial charge in [0.05, 0.1) is 19.8 Å². The van der Waals surface area contributed by atoms with Crippen LogP contribution in [0.1, 0.15) is 155 Å². The molecule has 326 valence electrons. The Morgan fingerprint density at radius 2 is 0.982 bits per heavy atom.